The summed E-state index contributed by atoms with van der Waals surface area (Å²) in [5.41, 5.74) is 2.46. The molecule has 0 aliphatic carbocycles. The number of aromatic nitrogens is 1. The average molecular weight is 439 g/mol. The van der Waals surface area contributed by atoms with Gasteiger partial charge in [-0.2, -0.15) is 0 Å². The Balaban J connectivity index is 1.26. The maximum atomic E-state index is 12.9. The van der Waals surface area contributed by atoms with Gasteiger partial charge in [0.15, 0.2) is 0 Å². The summed E-state index contributed by atoms with van der Waals surface area (Å²) in [5.74, 6) is -0.145. The number of rotatable bonds is 5. The van der Waals surface area contributed by atoms with Gasteiger partial charge in [0.2, 0.25) is 0 Å². The van der Waals surface area contributed by atoms with Crippen molar-refractivity contribution in [3.05, 3.63) is 52.9 Å². The zero-order valence-electron chi connectivity index (χ0n) is 16.9. The highest BCUT2D eigenvalue weighted by molar-refractivity contribution is 7.20. The molecule has 0 saturated carbocycles. The van der Waals surface area contributed by atoms with E-state index >= 15 is 0 Å². The third-order valence-electron chi connectivity index (χ3n) is 6.08. The predicted octanol–water partition coefficient (Wildman–Crippen LogP) is 5.19. The van der Waals surface area contributed by atoms with Crippen LogP contribution in [0.1, 0.15) is 36.2 Å². The van der Waals surface area contributed by atoms with E-state index in [4.69, 9.17) is 0 Å². The minimum Gasteiger partial charge on any atom is -0.370 e. The number of hydrogen-bond acceptors (Lipinski definition) is 6. The van der Waals surface area contributed by atoms with Crippen LogP contribution in [0, 0.1) is 0 Å². The van der Waals surface area contributed by atoms with Gasteiger partial charge in [0.25, 0.3) is 5.91 Å². The van der Waals surface area contributed by atoms with Crippen LogP contribution >= 0.6 is 22.7 Å². The molecule has 156 valence electrons. The van der Waals surface area contributed by atoms with Gasteiger partial charge in [-0.05, 0) is 62.4 Å². The lowest BCUT2D eigenvalue weighted by Crippen LogP contribution is -2.44. The van der Waals surface area contributed by atoms with E-state index in [9.17, 15) is 4.79 Å². The average Bonchev–Trinajstić information content (AvgIpc) is 3.57. The van der Waals surface area contributed by atoms with Crippen LogP contribution in [0.15, 0.2) is 47.2 Å². The Bertz CT molecular complexity index is 986. The van der Waals surface area contributed by atoms with Gasteiger partial charge in [-0.15, -0.1) is 22.7 Å². The molecular weight excluding hydrogens is 412 g/mol. The van der Waals surface area contributed by atoms with E-state index in [1.807, 2.05) is 35.0 Å². The molecular formula is C23H26N4OS2. The van der Waals surface area contributed by atoms with E-state index in [1.54, 1.807) is 11.3 Å². The Labute approximate surface area is 185 Å². The second-order valence-corrected chi connectivity index (χ2v) is 9.75. The molecule has 2 aliphatic heterocycles. The van der Waals surface area contributed by atoms with Gasteiger partial charge in [-0.1, -0.05) is 18.2 Å². The van der Waals surface area contributed by atoms with Gasteiger partial charge >= 0.3 is 0 Å². The maximum Gasteiger partial charge on any atom is 0.275 e. The first-order valence-corrected chi connectivity index (χ1v) is 12.4. The summed E-state index contributed by atoms with van der Waals surface area (Å²) in [6, 6.07) is 12.9. The largest absolute Gasteiger partial charge is 0.370 e. The fraction of sp³-hybridized carbons (Fsp3) is 0.391. The van der Waals surface area contributed by atoms with Crippen molar-refractivity contribution in [2.75, 3.05) is 36.4 Å². The number of carbonyl (C=O) groups is 1. The Morgan fingerprint density at radius 3 is 2.57 bits per heavy atom. The van der Waals surface area contributed by atoms with Crippen LogP contribution in [0.3, 0.4) is 0 Å². The highest BCUT2D eigenvalue weighted by atomic mass is 32.1. The highest BCUT2D eigenvalue weighted by Crippen LogP contribution is 2.32. The SMILES string of the molecule is O=C(Nc1ccccc1N1CCC(N2CCCC2)CC1)c1csc(-c2cccs2)n1. The van der Waals surface area contributed by atoms with E-state index in [0.717, 1.165) is 40.4 Å². The number of hydrogen-bond donors (Lipinski definition) is 1. The Morgan fingerprint density at radius 1 is 1.00 bits per heavy atom. The van der Waals surface area contributed by atoms with Crippen molar-refractivity contribution >= 4 is 40.0 Å². The standard InChI is InChI=1S/C23H26N4OS2/c28-22(19-16-30-23(25-19)21-8-5-15-29-21)24-18-6-1-2-7-20(18)27-13-9-17(10-14-27)26-11-3-4-12-26/h1-2,5-8,15-17H,3-4,9-14H2,(H,24,28). The lowest BCUT2D eigenvalue weighted by Gasteiger charge is -2.38. The predicted molar refractivity (Wildman–Crippen MR) is 126 cm³/mol. The van der Waals surface area contributed by atoms with E-state index in [-0.39, 0.29) is 5.91 Å². The molecule has 7 heteroatoms. The molecule has 3 aromatic rings. The zero-order chi connectivity index (χ0) is 20.3. The van der Waals surface area contributed by atoms with Crippen molar-refractivity contribution < 1.29 is 4.79 Å². The van der Waals surface area contributed by atoms with E-state index < -0.39 is 0 Å². The number of nitrogens with zero attached hydrogens (tertiary/aromatic N) is 3. The van der Waals surface area contributed by atoms with Crippen molar-refractivity contribution in [2.45, 2.75) is 31.7 Å². The summed E-state index contributed by atoms with van der Waals surface area (Å²) in [7, 11) is 0. The third kappa shape index (κ3) is 4.15. The van der Waals surface area contributed by atoms with E-state index in [2.05, 4.69) is 32.2 Å². The summed E-state index contributed by atoms with van der Waals surface area (Å²) >= 11 is 3.16. The first-order chi connectivity index (χ1) is 14.8. The summed E-state index contributed by atoms with van der Waals surface area (Å²) in [6.45, 7) is 4.59. The van der Waals surface area contributed by atoms with Gasteiger partial charge in [0, 0.05) is 24.5 Å². The molecule has 5 rings (SSSR count). The Hall–Kier alpha value is -2.22. The number of nitrogens with one attached hydrogen (secondary N) is 1. The van der Waals surface area contributed by atoms with Gasteiger partial charge in [-0.3, -0.25) is 4.79 Å². The monoisotopic (exact) mass is 438 g/mol. The summed E-state index contributed by atoms with van der Waals surface area (Å²) in [5, 5.41) is 7.87. The molecule has 1 N–H and O–H groups in total. The van der Waals surface area contributed by atoms with Crippen LogP contribution in [0.25, 0.3) is 9.88 Å². The van der Waals surface area contributed by atoms with Gasteiger partial charge in [0.1, 0.15) is 10.7 Å². The van der Waals surface area contributed by atoms with Crippen LogP contribution in [0.4, 0.5) is 11.4 Å². The molecule has 1 aromatic carbocycles. The van der Waals surface area contributed by atoms with E-state index in [1.165, 1.54) is 50.1 Å². The van der Waals surface area contributed by atoms with E-state index in [0.29, 0.717) is 5.69 Å². The Morgan fingerprint density at radius 2 is 1.80 bits per heavy atom. The van der Waals surface area contributed by atoms with Gasteiger partial charge < -0.3 is 15.1 Å². The van der Waals surface area contributed by atoms with Crippen molar-refractivity contribution in [2.24, 2.45) is 0 Å². The molecule has 30 heavy (non-hydrogen) atoms. The Kier molecular flexibility index (Phi) is 5.84. The highest BCUT2D eigenvalue weighted by Gasteiger charge is 2.27. The molecule has 5 nitrogen and oxygen atoms in total. The van der Waals surface area contributed by atoms with Crippen LogP contribution in [-0.2, 0) is 0 Å². The number of carbonyl (C=O) groups excluding carboxylic acids is 1. The first kappa shape index (κ1) is 19.7. The van der Waals surface area contributed by atoms with Crippen molar-refractivity contribution in [3.8, 4) is 9.88 Å². The lowest BCUT2D eigenvalue weighted by atomic mass is 10.0. The van der Waals surface area contributed by atoms with Gasteiger partial charge in [0.05, 0.1) is 16.3 Å². The molecule has 0 unspecified atom stereocenters. The second-order valence-electron chi connectivity index (χ2n) is 7.95. The quantitative estimate of drug-likeness (QED) is 0.596. The fourth-order valence-corrected chi connectivity index (χ4v) is 6.13. The molecule has 0 spiro atoms. The molecule has 4 heterocycles. The van der Waals surface area contributed by atoms with Crippen molar-refractivity contribution in [1.82, 2.24) is 9.88 Å². The number of thiophene rings is 1. The smallest absolute Gasteiger partial charge is 0.275 e. The van der Waals surface area contributed by atoms with Crippen LogP contribution in [-0.4, -0.2) is 48.0 Å². The fourth-order valence-electron chi connectivity index (χ4n) is 4.51. The summed E-state index contributed by atoms with van der Waals surface area (Å²) in [4.78, 5) is 23.6. The number of piperidine rings is 1. The van der Waals surface area contributed by atoms with Crippen molar-refractivity contribution in [3.63, 3.8) is 0 Å². The minimum absolute atomic E-state index is 0.145. The lowest BCUT2D eigenvalue weighted by molar-refractivity contribution is 0.102. The summed E-state index contributed by atoms with van der Waals surface area (Å²) < 4.78 is 0. The zero-order valence-corrected chi connectivity index (χ0v) is 18.6. The molecule has 0 atom stereocenters. The minimum atomic E-state index is -0.145. The molecule has 1 amide bonds. The molecule has 2 fully saturated rings. The molecule has 2 aliphatic rings. The third-order valence-corrected chi connectivity index (χ3v) is 7.96. The number of para-hydroxylation sites is 2. The number of amides is 1. The van der Waals surface area contributed by atoms with Crippen LogP contribution in [0.2, 0.25) is 0 Å². The van der Waals surface area contributed by atoms with Crippen LogP contribution < -0.4 is 10.2 Å². The maximum absolute atomic E-state index is 12.9. The normalized spacial score (nSPS) is 18.1. The summed E-state index contributed by atoms with van der Waals surface area (Å²) in [6.07, 6.45) is 5.08. The second kappa shape index (κ2) is 8.88. The van der Waals surface area contributed by atoms with Crippen LogP contribution in [0.5, 0.6) is 0 Å². The molecule has 2 saturated heterocycles. The number of benzene rings is 1. The topological polar surface area (TPSA) is 48.5 Å². The van der Waals surface area contributed by atoms with Crippen molar-refractivity contribution in [1.29, 1.82) is 0 Å². The number of thiazole rings is 1. The number of anilines is 2. The number of likely N-dealkylation sites (tertiary alicyclic amines) is 1. The molecule has 2 aromatic heterocycles. The van der Waals surface area contributed by atoms with Gasteiger partial charge in [-0.25, -0.2) is 4.98 Å². The molecule has 0 bridgehead atoms. The first-order valence-electron chi connectivity index (χ1n) is 10.7. The molecule has 0 radical (unpaired) electrons.